The molecule has 0 spiro atoms. The summed E-state index contributed by atoms with van der Waals surface area (Å²) in [7, 11) is 0. The highest BCUT2D eigenvalue weighted by Crippen LogP contribution is 2.49. The van der Waals surface area contributed by atoms with Crippen molar-refractivity contribution in [3.63, 3.8) is 0 Å². The van der Waals surface area contributed by atoms with E-state index >= 15 is 0 Å². The fraction of sp³-hybridized carbons (Fsp3) is 0.238. The summed E-state index contributed by atoms with van der Waals surface area (Å²) in [6, 6.07) is 7.21. The molecule has 150 valence electrons. The maximum atomic E-state index is 13.0. The van der Waals surface area contributed by atoms with E-state index in [1.165, 1.54) is 24.6 Å². The molecule has 1 aliphatic heterocycles. The van der Waals surface area contributed by atoms with E-state index in [4.69, 9.17) is 9.15 Å². The van der Waals surface area contributed by atoms with E-state index in [-0.39, 0.29) is 16.5 Å². The molecule has 3 aromatic rings. The van der Waals surface area contributed by atoms with Gasteiger partial charge in [-0.25, -0.2) is 4.98 Å². The summed E-state index contributed by atoms with van der Waals surface area (Å²) >= 11 is 0. The zero-order valence-corrected chi connectivity index (χ0v) is 15.5. The molecule has 0 atom stereocenters. The van der Waals surface area contributed by atoms with Gasteiger partial charge in [0, 0.05) is 33.2 Å². The minimum absolute atomic E-state index is 0.0919. The Bertz CT molecular complexity index is 1070. The molecule has 0 unspecified atom stereocenters. The van der Waals surface area contributed by atoms with Crippen molar-refractivity contribution in [1.82, 2.24) is 4.98 Å². The van der Waals surface area contributed by atoms with Crippen molar-refractivity contribution in [2.75, 3.05) is 6.61 Å². The number of nitrogens with zero attached hydrogens (tertiary/aromatic N) is 1. The number of halogens is 3. The molecular formula is C21H16F3NO4. The number of hydrogen-bond donors (Lipinski definition) is 0. The number of aromatic nitrogens is 1. The summed E-state index contributed by atoms with van der Waals surface area (Å²) < 4.78 is 54.4. The monoisotopic (exact) mass is 403 g/mol. The van der Waals surface area contributed by atoms with E-state index < -0.39 is 12.1 Å². The van der Waals surface area contributed by atoms with Gasteiger partial charge in [-0.1, -0.05) is 13.8 Å². The quantitative estimate of drug-likeness (QED) is 0.547. The Morgan fingerprint density at radius 2 is 1.97 bits per heavy atom. The second-order valence-corrected chi connectivity index (χ2v) is 7.33. The van der Waals surface area contributed by atoms with Gasteiger partial charge < -0.3 is 13.9 Å². The molecule has 0 saturated heterocycles. The lowest BCUT2D eigenvalue weighted by Gasteiger charge is -2.18. The lowest BCUT2D eigenvalue weighted by molar-refractivity contribution is -0.274. The number of alkyl halides is 3. The molecule has 1 aliphatic rings. The summed E-state index contributed by atoms with van der Waals surface area (Å²) in [5.41, 5.74) is 1.68. The van der Waals surface area contributed by atoms with Crippen LogP contribution < -0.4 is 9.47 Å². The Hall–Kier alpha value is -3.29. The number of oxazole rings is 1. The largest absolute Gasteiger partial charge is 0.573 e. The lowest BCUT2D eigenvalue weighted by Crippen LogP contribution is -2.18. The van der Waals surface area contributed by atoms with Crippen LogP contribution in [0.25, 0.3) is 22.6 Å². The third-order valence-electron chi connectivity index (χ3n) is 4.73. The average molecular weight is 403 g/mol. The molecule has 5 nitrogen and oxygen atoms in total. The second-order valence-electron chi connectivity index (χ2n) is 7.33. The van der Waals surface area contributed by atoms with Crippen LogP contribution in [-0.4, -0.2) is 24.2 Å². The molecule has 1 aromatic heterocycles. The number of aldehydes is 1. The van der Waals surface area contributed by atoms with Crippen LogP contribution in [0.3, 0.4) is 0 Å². The first-order valence-electron chi connectivity index (χ1n) is 8.74. The van der Waals surface area contributed by atoms with Gasteiger partial charge in [-0.2, -0.15) is 0 Å². The van der Waals surface area contributed by atoms with E-state index in [0.717, 1.165) is 11.6 Å². The summed E-state index contributed by atoms with van der Waals surface area (Å²) in [5, 5.41) is 0. The van der Waals surface area contributed by atoms with Crippen LogP contribution in [0.5, 0.6) is 11.5 Å². The maximum Gasteiger partial charge on any atom is 0.573 e. The lowest BCUT2D eigenvalue weighted by atomic mass is 9.84. The topological polar surface area (TPSA) is 61.6 Å². The first-order valence-corrected chi connectivity index (χ1v) is 8.74. The zero-order chi connectivity index (χ0) is 20.8. The summed E-state index contributed by atoms with van der Waals surface area (Å²) in [5.74, 6) is 0.338. The first kappa shape index (κ1) is 19.0. The standard InChI is InChI=1S/C21H16F3NO4/c1-20(2)11-28-18-15(8-13(9-16(18)20)19-25-5-6-27-19)14-7-12(10-26)3-4-17(14)29-21(22,23)24/h3-10H,11H2,1-2H3. The van der Waals surface area contributed by atoms with Gasteiger partial charge in [-0.05, 0) is 30.3 Å². The van der Waals surface area contributed by atoms with E-state index in [1.807, 2.05) is 19.9 Å². The predicted octanol–water partition coefficient (Wildman–Crippen LogP) is 5.39. The molecule has 0 amide bonds. The van der Waals surface area contributed by atoms with E-state index in [1.54, 1.807) is 6.07 Å². The third-order valence-corrected chi connectivity index (χ3v) is 4.73. The second kappa shape index (κ2) is 6.65. The predicted molar refractivity (Wildman–Crippen MR) is 98.0 cm³/mol. The van der Waals surface area contributed by atoms with Crippen molar-refractivity contribution in [3.05, 3.63) is 53.9 Å². The molecule has 0 bridgehead atoms. The van der Waals surface area contributed by atoms with E-state index in [2.05, 4.69) is 9.72 Å². The minimum Gasteiger partial charge on any atom is -0.492 e. The molecule has 0 radical (unpaired) electrons. The molecule has 29 heavy (non-hydrogen) atoms. The number of rotatable bonds is 4. The number of fused-ring (bicyclic) bond motifs is 1. The Balaban J connectivity index is 1.99. The molecule has 0 aliphatic carbocycles. The summed E-state index contributed by atoms with van der Waals surface area (Å²) in [4.78, 5) is 15.4. The van der Waals surface area contributed by atoms with Crippen molar-refractivity contribution in [3.8, 4) is 34.1 Å². The molecule has 0 saturated carbocycles. The van der Waals surface area contributed by atoms with Gasteiger partial charge in [0.25, 0.3) is 0 Å². The normalized spacial score (nSPS) is 14.9. The van der Waals surface area contributed by atoms with Crippen LogP contribution in [0.4, 0.5) is 13.2 Å². The fourth-order valence-corrected chi connectivity index (χ4v) is 3.35. The van der Waals surface area contributed by atoms with Crippen molar-refractivity contribution < 1.29 is 31.9 Å². The SMILES string of the molecule is CC1(C)COc2c(-c3cc(C=O)ccc3OC(F)(F)F)cc(-c3ncco3)cc21. The average Bonchev–Trinajstić information content (AvgIpc) is 3.29. The van der Waals surface area contributed by atoms with Crippen molar-refractivity contribution >= 4 is 6.29 Å². The highest BCUT2D eigenvalue weighted by molar-refractivity contribution is 5.86. The summed E-state index contributed by atoms with van der Waals surface area (Å²) in [6.07, 6.45) is -1.44. The minimum atomic E-state index is -4.89. The Kier molecular flexibility index (Phi) is 4.37. The van der Waals surface area contributed by atoms with Crippen LogP contribution in [-0.2, 0) is 5.41 Å². The highest BCUT2D eigenvalue weighted by atomic mass is 19.4. The van der Waals surface area contributed by atoms with Crippen molar-refractivity contribution in [1.29, 1.82) is 0 Å². The molecule has 0 fully saturated rings. The number of ether oxygens (including phenoxy) is 2. The summed E-state index contributed by atoms with van der Waals surface area (Å²) in [6.45, 7) is 4.29. The van der Waals surface area contributed by atoms with Gasteiger partial charge in [-0.15, -0.1) is 13.2 Å². The van der Waals surface area contributed by atoms with Gasteiger partial charge >= 0.3 is 6.36 Å². The number of carbonyl (C=O) groups is 1. The van der Waals surface area contributed by atoms with Crippen molar-refractivity contribution in [2.24, 2.45) is 0 Å². The molecule has 2 heterocycles. The van der Waals surface area contributed by atoms with Gasteiger partial charge in [0.1, 0.15) is 24.0 Å². The van der Waals surface area contributed by atoms with Gasteiger partial charge in [0.15, 0.2) is 0 Å². The van der Waals surface area contributed by atoms with Crippen LogP contribution in [0, 0.1) is 0 Å². The Labute approximate surface area is 164 Å². The third kappa shape index (κ3) is 3.57. The van der Waals surface area contributed by atoms with Crippen LogP contribution in [0.1, 0.15) is 29.8 Å². The van der Waals surface area contributed by atoms with E-state index in [0.29, 0.717) is 35.7 Å². The van der Waals surface area contributed by atoms with E-state index in [9.17, 15) is 18.0 Å². The molecule has 4 rings (SSSR count). The molecule has 2 aromatic carbocycles. The van der Waals surface area contributed by atoms with Crippen LogP contribution in [0.2, 0.25) is 0 Å². The Morgan fingerprint density at radius 1 is 1.17 bits per heavy atom. The number of carbonyl (C=O) groups excluding carboxylic acids is 1. The zero-order valence-electron chi connectivity index (χ0n) is 15.5. The maximum absolute atomic E-state index is 13.0. The van der Waals surface area contributed by atoms with Crippen molar-refractivity contribution in [2.45, 2.75) is 25.6 Å². The van der Waals surface area contributed by atoms with Crippen LogP contribution >= 0.6 is 0 Å². The molecule has 8 heteroatoms. The van der Waals surface area contributed by atoms with Gasteiger partial charge in [0.05, 0.1) is 12.8 Å². The van der Waals surface area contributed by atoms with Crippen LogP contribution in [0.15, 0.2) is 47.2 Å². The fourth-order valence-electron chi connectivity index (χ4n) is 3.35. The highest BCUT2D eigenvalue weighted by Gasteiger charge is 2.37. The molecular weight excluding hydrogens is 387 g/mol. The molecule has 0 N–H and O–H groups in total. The number of hydrogen-bond acceptors (Lipinski definition) is 5. The van der Waals surface area contributed by atoms with Gasteiger partial charge in [-0.3, -0.25) is 4.79 Å². The van der Waals surface area contributed by atoms with Gasteiger partial charge in [0.2, 0.25) is 5.89 Å². The smallest absolute Gasteiger partial charge is 0.492 e. The first-order chi connectivity index (χ1) is 13.7. The number of benzene rings is 2. The Morgan fingerprint density at radius 3 is 2.62 bits per heavy atom.